The van der Waals surface area contributed by atoms with Gasteiger partial charge in [0.1, 0.15) is 0 Å². The fourth-order valence-electron chi connectivity index (χ4n) is 3.01. The van der Waals surface area contributed by atoms with E-state index in [0.717, 1.165) is 10.5 Å². The molecule has 2 fully saturated rings. The second kappa shape index (κ2) is 7.81. The molecule has 0 aromatic carbocycles. The van der Waals surface area contributed by atoms with Crippen molar-refractivity contribution in [3.8, 4) is 0 Å². The Balaban J connectivity index is 0.000000316. The third-order valence-corrected chi connectivity index (χ3v) is 4.01. The Labute approximate surface area is 119 Å². The van der Waals surface area contributed by atoms with Crippen molar-refractivity contribution in [3.05, 3.63) is 11.8 Å². The van der Waals surface area contributed by atoms with Gasteiger partial charge in [-0.05, 0) is 12.5 Å². The van der Waals surface area contributed by atoms with Crippen molar-refractivity contribution in [1.82, 2.24) is 0 Å². The van der Waals surface area contributed by atoms with Gasteiger partial charge >= 0.3 is 17.1 Å². The van der Waals surface area contributed by atoms with E-state index in [-0.39, 0.29) is 17.1 Å². The zero-order valence-corrected chi connectivity index (χ0v) is 13.4. The van der Waals surface area contributed by atoms with Gasteiger partial charge in [-0.25, -0.2) is 0 Å². The van der Waals surface area contributed by atoms with Crippen LogP contribution in [0.4, 0.5) is 0 Å². The first-order valence-corrected chi connectivity index (χ1v) is 6.86. The maximum Gasteiger partial charge on any atom is 2.00 e. The molecule has 102 valence electrons. The van der Waals surface area contributed by atoms with Crippen LogP contribution in [0.15, 0.2) is 0 Å². The molecule has 0 heterocycles. The Morgan fingerprint density at radius 2 is 1.41 bits per heavy atom. The quantitative estimate of drug-likeness (QED) is 0.387. The molecule has 2 rings (SSSR count). The smallest absolute Gasteiger partial charge is 0.353 e. The van der Waals surface area contributed by atoms with Crippen molar-refractivity contribution in [2.45, 2.75) is 64.8 Å². The van der Waals surface area contributed by atoms with Gasteiger partial charge in [0, 0.05) is 0 Å². The van der Waals surface area contributed by atoms with E-state index in [1.165, 1.54) is 44.9 Å². The maximum absolute atomic E-state index is 2.31. The average molecular weight is 280 g/mol. The van der Waals surface area contributed by atoms with E-state index in [1.807, 2.05) is 0 Å². The minimum atomic E-state index is 0. The topological polar surface area (TPSA) is 0 Å². The van der Waals surface area contributed by atoms with Crippen molar-refractivity contribution in [2.75, 3.05) is 21.1 Å². The zero-order valence-electron chi connectivity index (χ0n) is 12.3. The summed E-state index contributed by atoms with van der Waals surface area (Å²) in [6.07, 6.45) is 9.87. The largest absolute Gasteiger partial charge is 2.00 e. The summed E-state index contributed by atoms with van der Waals surface area (Å²) in [5.41, 5.74) is 0. The molecule has 0 spiro atoms. The van der Waals surface area contributed by atoms with Gasteiger partial charge in [0.05, 0.1) is 21.1 Å². The van der Waals surface area contributed by atoms with E-state index in [0.29, 0.717) is 0 Å². The summed E-state index contributed by atoms with van der Waals surface area (Å²) < 4.78 is 1.12. The second-order valence-electron chi connectivity index (χ2n) is 6.53. The van der Waals surface area contributed by atoms with Crippen molar-refractivity contribution < 1.29 is 21.6 Å². The molecule has 0 amide bonds. The van der Waals surface area contributed by atoms with Crippen LogP contribution in [-0.4, -0.2) is 31.7 Å². The summed E-state index contributed by atoms with van der Waals surface area (Å²) >= 11 is 0. The van der Waals surface area contributed by atoms with Gasteiger partial charge in [0.15, 0.2) is 0 Å². The summed E-state index contributed by atoms with van der Waals surface area (Å²) in [7, 11) is 6.87. The Bertz CT molecular complexity index is 192. The standard InChI is InChI=1S/C9H19N.C6H11.Fe/c1-8-6-5-7-9(8)10(2,3)4;1-6-4-2-3-5-6;/h9H,5-7H2,1-4H3;2-5H2,1H3;/q;-1;+2. The van der Waals surface area contributed by atoms with Crippen molar-refractivity contribution in [2.24, 2.45) is 0 Å². The van der Waals surface area contributed by atoms with Crippen LogP contribution in [-0.2, 0) is 17.1 Å². The summed E-state index contributed by atoms with van der Waals surface area (Å²) in [6.45, 7) is 4.56. The van der Waals surface area contributed by atoms with E-state index in [4.69, 9.17) is 0 Å². The molecule has 17 heavy (non-hydrogen) atoms. The third kappa shape index (κ3) is 6.27. The van der Waals surface area contributed by atoms with Crippen molar-refractivity contribution in [1.29, 1.82) is 0 Å². The molecule has 1 nitrogen and oxygen atoms in total. The Morgan fingerprint density at radius 3 is 1.59 bits per heavy atom. The molecule has 1 atom stereocenters. The normalized spacial score (nSPS) is 26.3. The van der Waals surface area contributed by atoms with Gasteiger partial charge in [-0.1, -0.05) is 19.3 Å². The van der Waals surface area contributed by atoms with Crippen LogP contribution in [0, 0.1) is 11.8 Å². The van der Waals surface area contributed by atoms with E-state index >= 15 is 0 Å². The number of hydrogen-bond acceptors (Lipinski definition) is 0. The van der Waals surface area contributed by atoms with Crippen molar-refractivity contribution in [3.63, 3.8) is 0 Å². The molecular weight excluding hydrogens is 250 g/mol. The predicted molar refractivity (Wildman–Crippen MR) is 72.0 cm³/mol. The molecule has 2 aliphatic carbocycles. The minimum Gasteiger partial charge on any atom is -0.353 e. The monoisotopic (exact) mass is 280 g/mol. The minimum absolute atomic E-state index is 0. The van der Waals surface area contributed by atoms with Crippen LogP contribution >= 0.6 is 0 Å². The molecule has 0 N–H and O–H groups in total. The van der Waals surface area contributed by atoms with Crippen LogP contribution < -0.4 is 0 Å². The first-order valence-electron chi connectivity index (χ1n) is 6.86. The van der Waals surface area contributed by atoms with Gasteiger partial charge in [-0.15, -0.1) is 0 Å². The number of rotatable bonds is 1. The van der Waals surface area contributed by atoms with Gasteiger partial charge < -0.3 is 10.4 Å². The number of nitrogens with zero attached hydrogens (tertiary/aromatic N) is 1. The molecule has 2 aliphatic rings. The Kier molecular flexibility index (Phi) is 8.03. The van der Waals surface area contributed by atoms with Crippen LogP contribution in [0.3, 0.4) is 0 Å². The van der Waals surface area contributed by atoms with Crippen LogP contribution in [0.1, 0.15) is 58.8 Å². The summed E-state index contributed by atoms with van der Waals surface area (Å²) in [4.78, 5) is 0. The first-order chi connectivity index (χ1) is 7.41. The SMILES string of the molecule is C[C-]1CCCC1.C[C-]1CCCC1[N+](C)(C)C.[Fe+2]. The van der Waals surface area contributed by atoms with E-state index in [2.05, 4.69) is 35.0 Å². The van der Waals surface area contributed by atoms with Gasteiger partial charge in [0.2, 0.25) is 0 Å². The molecule has 0 bridgehead atoms. The first kappa shape index (κ1) is 17.5. The van der Waals surface area contributed by atoms with Gasteiger partial charge in [-0.2, -0.15) is 33.1 Å². The van der Waals surface area contributed by atoms with Crippen molar-refractivity contribution >= 4 is 0 Å². The predicted octanol–water partition coefficient (Wildman–Crippen LogP) is 3.99. The van der Waals surface area contributed by atoms with Gasteiger partial charge in [0.25, 0.3) is 0 Å². The fraction of sp³-hybridized carbons (Fsp3) is 0.867. The Hall–Kier alpha value is 0.479. The molecular formula is C15H30FeN+. The average Bonchev–Trinajstić information content (AvgIpc) is 2.75. The number of hydrogen-bond donors (Lipinski definition) is 0. The number of quaternary nitrogens is 1. The fourth-order valence-corrected chi connectivity index (χ4v) is 3.01. The molecule has 0 radical (unpaired) electrons. The van der Waals surface area contributed by atoms with Crippen LogP contribution in [0.25, 0.3) is 0 Å². The zero-order chi connectivity index (χ0) is 12.2. The molecule has 2 saturated carbocycles. The van der Waals surface area contributed by atoms with Gasteiger partial charge in [-0.3, -0.25) is 5.92 Å². The summed E-state index contributed by atoms with van der Waals surface area (Å²) in [6, 6.07) is 0.833. The third-order valence-electron chi connectivity index (χ3n) is 4.01. The molecule has 0 aromatic rings. The molecule has 2 heteroatoms. The molecule has 0 aliphatic heterocycles. The molecule has 0 aromatic heterocycles. The van der Waals surface area contributed by atoms with E-state index in [9.17, 15) is 0 Å². The Morgan fingerprint density at radius 1 is 0.882 bits per heavy atom. The van der Waals surface area contributed by atoms with E-state index < -0.39 is 0 Å². The summed E-state index contributed by atoms with van der Waals surface area (Å²) in [5, 5.41) is 0. The van der Waals surface area contributed by atoms with E-state index in [1.54, 1.807) is 11.8 Å². The van der Waals surface area contributed by atoms with Crippen LogP contribution in [0.2, 0.25) is 0 Å². The summed E-state index contributed by atoms with van der Waals surface area (Å²) in [5.74, 6) is 3.41. The maximum atomic E-state index is 2.31. The van der Waals surface area contributed by atoms with Crippen LogP contribution in [0.5, 0.6) is 0 Å². The molecule has 1 unspecified atom stereocenters. The molecule has 0 saturated heterocycles. The second-order valence-corrected chi connectivity index (χ2v) is 6.53.